The van der Waals surface area contributed by atoms with Gasteiger partial charge in [0.25, 0.3) is 0 Å². The van der Waals surface area contributed by atoms with Crippen LogP contribution in [-0.2, 0) is 9.59 Å². The van der Waals surface area contributed by atoms with Crippen molar-refractivity contribution in [2.75, 3.05) is 6.54 Å². The molecule has 0 saturated heterocycles. The highest BCUT2D eigenvalue weighted by Crippen LogP contribution is 2.26. The number of carboxylic acid groups (broad SMARTS) is 1. The molecule has 1 amide bonds. The Balaban J connectivity index is 4.04. The molecule has 0 aromatic carbocycles. The van der Waals surface area contributed by atoms with Crippen molar-refractivity contribution in [3.63, 3.8) is 0 Å². The average molecular weight is 280 g/mol. The van der Waals surface area contributed by atoms with Crippen LogP contribution in [0, 0.1) is 5.92 Å². The molecule has 1 atom stereocenters. The van der Waals surface area contributed by atoms with Gasteiger partial charge in [0.05, 0.1) is 0 Å². The maximum atomic E-state index is 11.2. The molecule has 0 spiro atoms. The molecule has 88 valence electrons. The van der Waals surface area contributed by atoms with E-state index in [-0.39, 0.29) is 11.8 Å². The van der Waals surface area contributed by atoms with E-state index in [1.165, 1.54) is 0 Å². The number of carbonyl (C=O) groups excluding carboxylic acids is 1. The summed E-state index contributed by atoms with van der Waals surface area (Å²) < 4.78 is -0.919. The van der Waals surface area contributed by atoms with Crippen molar-refractivity contribution >= 4 is 27.8 Å². The number of hydrogen-bond donors (Lipinski definition) is 2. The lowest BCUT2D eigenvalue weighted by Gasteiger charge is -2.21. The van der Waals surface area contributed by atoms with Crippen molar-refractivity contribution in [1.82, 2.24) is 5.32 Å². The van der Waals surface area contributed by atoms with Gasteiger partial charge >= 0.3 is 5.97 Å². The lowest BCUT2D eigenvalue weighted by molar-refractivity contribution is -0.140. The number of aliphatic carboxylic acids is 1. The second-order valence-corrected chi connectivity index (χ2v) is 5.34. The van der Waals surface area contributed by atoms with Gasteiger partial charge in [0.15, 0.2) is 0 Å². The highest BCUT2D eigenvalue weighted by molar-refractivity contribution is 9.10. The third kappa shape index (κ3) is 4.64. The molecule has 5 heteroatoms. The van der Waals surface area contributed by atoms with Crippen LogP contribution in [0.15, 0.2) is 0 Å². The first-order valence-electron chi connectivity index (χ1n) is 5.03. The molecule has 0 aliphatic carbocycles. The number of alkyl halides is 1. The monoisotopic (exact) mass is 279 g/mol. The highest BCUT2D eigenvalue weighted by Gasteiger charge is 2.32. The lowest BCUT2D eigenvalue weighted by Crippen LogP contribution is -2.37. The molecule has 0 saturated carbocycles. The Morgan fingerprint density at radius 2 is 2.00 bits per heavy atom. The van der Waals surface area contributed by atoms with Crippen molar-refractivity contribution in [2.45, 2.75) is 37.9 Å². The van der Waals surface area contributed by atoms with Gasteiger partial charge in [-0.15, -0.1) is 0 Å². The summed E-state index contributed by atoms with van der Waals surface area (Å²) in [6.45, 7) is 5.77. The van der Waals surface area contributed by atoms with Crippen LogP contribution < -0.4 is 5.32 Å². The highest BCUT2D eigenvalue weighted by atomic mass is 79.9. The molecule has 4 nitrogen and oxygen atoms in total. The third-order valence-electron chi connectivity index (χ3n) is 2.29. The first-order chi connectivity index (χ1) is 6.83. The first kappa shape index (κ1) is 14.4. The van der Waals surface area contributed by atoms with Gasteiger partial charge in [0.2, 0.25) is 5.91 Å². The molecule has 0 rings (SSSR count). The van der Waals surface area contributed by atoms with Gasteiger partial charge in [0, 0.05) is 12.5 Å². The Kier molecular flexibility index (Phi) is 5.87. The number of carboxylic acids is 1. The number of nitrogens with one attached hydrogen (secondary N) is 1. The van der Waals surface area contributed by atoms with E-state index in [4.69, 9.17) is 5.11 Å². The maximum absolute atomic E-state index is 11.2. The van der Waals surface area contributed by atoms with Crippen molar-refractivity contribution in [2.24, 2.45) is 5.92 Å². The summed E-state index contributed by atoms with van der Waals surface area (Å²) in [6.07, 6.45) is 0.872. The zero-order valence-corrected chi connectivity index (χ0v) is 10.9. The molecule has 15 heavy (non-hydrogen) atoms. The Labute approximate surface area is 98.6 Å². The molecule has 0 aliphatic rings. The summed E-state index contributed by atoms with van der Waals surface area (Å²) in [7, 11) is 0. The van der Waals surface area contributed by atoms with E-state index in [1.54, 1.807) is 20.8 Å². The fraction of sp³-hybridized carbons (Fsp3) is 0.800. The molecule has 0 aromatic heterocycles. The van der Waals surface area contributed by atoms with Crippen molar-refractivity contribution in [1.29, 1.82) is 0 Å². The summed E-state index contributed by atoms with van der Waals surface area (Å²) in [5, 5.41) is 11.6. The van der Waals surface area contributed by atoms with Gasteiger partial charge < -0.3 is 10.4 Å². The first-order valence-corrected chi connectivity index (χ1v) is 5.82. The molecule has 0 radical (unpaired) electrons. The van der Waals surface area contributed by atoms with Gasteiger partial charge in [-0.1, -0.05) is 36.7 Å². The predicted octanol–water partition coefficient (Wildman–Crippen LogP) is 1.78. The Morgan fingerprint density at radius 1 is 1.47 bits per heavy atom. The quantitative estimate of drug-likeness (QED) is 0.729. The standard InChI is InChI=1S/C10H18BrNO3/c1-4-10(11,9(14)15)5-6-12-8(13)7(2)3/h7H,4-6H2,1-3H3,(H,12,13)(H,14,15). The molecule has 0 heterocycles. The van der Waals surface area contributed by atoms with E-state index < -0.39 is 10.3 Å². The Hall–Kier alpha value is -0.580. The molecule has 0 aromatic rings. The summed E-state index contributed by atoms with van der Waals surface area (Å²) >= 11 is 3.19. The van der Waals surface area contributed by atoms with Gasteiger partial charge in [-0.05, 0) is 12.8 Å². The van der Waals surface area contributed by atoms with E-state index in [0.717, 1.165) is 0 Å². The van der Waals surface area contributed by atoms with Crippen LogP contribution in [0.4, 0.5) is 0 Å². The lowest BCUT2D eigenvalue weighted by atomic mass is 10.0. The molecule has 0 aliphatic heterocycles. The number of halogens is 1. The second-order valence-electron chi connectivity index (χ2n) is 3.82. The molecular formula is C10H18BrNO3. The normalized spacial score (nSPS) is 14.7. The van der Waals surface area contributed by atoms with Crippen LogP contribution in [0.1, 0.15) is 33.6 Å². The molecular weight excluding hydrogens is 262 g/mol. The average Bonchev–Trinajstić information content (AvgIpc) is 2.16. The van der Waals surface area contributed by atoms with Crippen molar-refractivity contribution < 1.29 is 14.7 Å². The van der Waals surface area contributed by atoms with Crippen LogP contribution in [0.5, 0.6) is 0 Å². The molecule has 1 unspecified atom stereocenters. The zero-order chi connectivity index (χ0) is 12.1. The zero-order valence-electron chi connectivity index (χ0n) is 9.34. The van der Waals surface area contributed by atoms with Gasteiger partial charge in [-0.25, -0.2) is 0 Å². The summed E-state index contributed by atoms with van der Waals surface area (Å²) in [5.41, 5.74) is 0. The molecule has 2 N–H and O–H groups in total. The van der Waals surface area contributed by atoms with Crippen molar-refractivity contribution in [3.8, 4) is 0 Å². The Morgan fingerprint density at radius 3 is 2.33 bits per heavy atom. The summed E-state index contributed by atoms with van der Waals surface area (Å²) in [5.74, 6) is -1.00. The second kappa shape index (κ2) is 6.10. The van der Waals surface area contributed by atoms with E-state index in [1.807, 2.05) is 0 Å². The van der Waals surface area contributed by atoms with Crippen LogP contribution in [0.3, 0.4) is 0 Å². The smallest absolute Gasteiger partial charge is 0.320 e. The molecule has 0 bridgehead atoms. The Bertz CT molecular complexity index is 243. The van der Waals surface area contributed by atoms with E-state index >= 15 is 0 Å². The van der Waals surface area contributed by atoms with Gasteiger partial charge in [-0.3, -0.25) is 9.59 Å². The van der Waals surface area contributed by atoms with Crippen molar-refractivity contribution in [3.05, 3.63) is 0 Å². The third-order valence-corrected chi connectivity index (χ3v) is 3.58. The number of amides is 1. The van der Waals surface area contributed by atoms with Crippen LogP contribution in [-0.4, -0.2) is 27.9 Å². The van der Waals surface area contributed by atoms with Crippen LogP contribution >= 0.6 is 15.9 Å². The van der Waals surface area contributed by atoms with E-state index in [9.17, 15) is 9.59 Å². The van der Waals surface area contributed by atoms with Crippen LogP contribution in [0.2, 0.25) is 0 Å². The number of carbonyl (C=O) groups is 2. The number of rotatable bonds is 6. The minimum Gasteiger partial charge on any atom is -0.480 e. The number of hydrogen-bond acceptors (Lipinski definition) is 2. The topological polar surface area (TPSA) is 66.4 Å². The fourth-order valence-corrected chi connectivity index (χ4v) is 1.22. The summed E-state index contributed by atoms with van der Waals surface area (Å²) in [6, 6.07) is 0. The molecule has 0 fully saturated rings. The van der Waals surface area contributed by atoms with Crippen LogP contribution in [0.25, 0.3) is 0 Å². The minimum atomic E-state index is -0.919. The van der Waals surface area contributed by atoms with E-state index in [0.29, 0.717) is 19.4 Å². The SMILES string of the molecule is CCC(Br)(CCNC(=O)C(C)C)C(=O)O. The minimum absolute atomic E-state index is 0.0497. The summed E-state index contributed by atoms with van der Waals surface area (Å²) in [4.78, 5) is 22.1. The van der Waals surface area contributed by atoms with Gasteiger partial charge in [-0.2, -0.15) is 0 Å². The fourth-order valence-electron chi connectivity index (χ4n) is 1.02. The maximum Gasteiger partial charge on any atom is 0.320 e. The predicted molar refractivity (Wildman–Crippen MR) is 62.0 cm³/mol. The largest absolute Gasteiger partial charge is 0.480 e. The van der Waals surface area contributed by atoms with E-state index in [2.05, 4.69) is 21.2 Å². The van der Waals surface area contributed by atoms with Gasteiger partial charge in [0.1, 0.15) is 4.32 Å².